The van der Waals surface area contributed by atoms with Crippen LogP contribution in [0.15, 0.2) is 41.0 Å². The van der Waals surface area contributed by atoms with Crippen LogP contribution in [0.25, 0.3) is 0 Å². The zero-order chi connectivity index (χ0) is 13.1. The molecule has 1 aromatic carbocycles. The molecule has 3 heteroatoms. The Morgan fingerprint density at radius 1 is 1.26 bits per heavy atom. The molecule has 1 heterocycles. The second-order valence-electron chi connectivity index (χ2n) is 5.08. The maximum Gasteiger partial charge on any atom is 0.124 e. The molecule has 3 nitrogen and oxygen atoms in total. The lowest BCUT2D eigenvalue weighted by atomic mass is 10.2. The Morgan fingerprint density at radius 2 is 2.11 bits per heavy atom. The molecule has 0 radical (unpaired) electrons. The Hall–Kier alpha value is -1.74. The molecule has 0 bridgehead atoms. The lowest BCUT2D eigenvalue weighted by Gasteiger charge is -2.09. The minimum atomic E-state index is 0.559. The Bertz CT molecular complexity index is 543. The first-order chi connectivity index (χ1) is 9.33. The van der Waals surface area contributed by atoms with Gasteiger partial charge in [-0.15, -0.1) is 0 Å². The lowest BCUT2D eigenvalue weighted by molar-refractivity contribution is 0.299. The maximum atomic E-state index is 5.86. The summed E-state index contributed by atoms with van der Waals surface area (Å²) < 4.78 is 11.4. The number of nitrogens with one attached hydrogen (secondary N) is 1. The minimum absolute atomic E-state index is 0.559. The first-order valence-corrected chi connectivity index (χ1v) is 6.80. The minimum Gasteiger partial charge on any atom is -0.489 e. The third kappa shape index (κ3) is 3.18. The highest BCUT2D eigenvalue weighted by Gasteiger charge is 2.21. The van der Waals surface area contributed by atoms with Crippen LogP contribution in [0.2, 0.25) is 0 Å². The first kappa shape index (κ1) is 12.3. The van der Waals surface area contributed by atoms with E-state index in [1.54, 1.807) is 6.26 Å². The van der Waals surface area contributed by atoms with E-state index in [2.05, 4.69) is 18.3 Å². The van der Waals surface area contributed by atoms with Gasteiger partial charge in [-0.3, -0.25) is 0 Å². The molecule has 2 aromatic rings. The van der Waals surface area contributed by atoms with E-state index in [4.69, 9.17) is 9.15 Å². The molecule has 0 spiro atoms. The quantitative estimate of drug-likeness (QED) is 0.861. The normalized spacial score (nSPS) is 14.6. The summed E-state index contributed by atoms with van der Waals surface area (Å²) in [5.41, 5.74) is 2.28. The predicted octanol–water partition coefficient (Wildman–Crippen LogP) is 3.42. The van der Waals surface area contributed by atoms with Gasteiger partial charge in [-0.25, -0.2) is 0 Å². The summed E-state index contributed by atoms with van der Waals surface area (Å²) >= 11 is 0. The molecule has 0 aliphatic heterocycles. The number of hydrogen-bond donors (Lipinski definition) is 1. The highest BCUT2D eigenvalue weighted by atomic mass is 16.5. The molecule has 1 aromatic heterocycles. The molecule has 3 rings (SSSR count). The van der Waals surface area contributed by atoms with Crippen molar-refractivity contribution >= 4 is 0 Å². The lowest BCUT2D eigenvalue weighted by Crippen LogP contribution is -2.16. The molecule has 1 saturated carbocycles. The van der Waals surface area contributed by atoms with Crippen LogP contribution in [0, 0.1) is 6.92 Å². The van der Waals surface area contributed by atoms with Crippen molar-refractivity contribution in [2.24, 2.45) is 0 Å². The first-order valence-electron chi connectivity index (χ1n) is 6.80. The summed E-state index contributed by atoms with van der Waals surface area (Å²) in [5, 5.41) is 3.46. The van der Waals surface area contributed by atoms with Crippen molar-refractivity contribution in [1.82, 2.24) is 5.32 Å². The monoisotopic (exact) mass is 257 g/mol. The molecule has 1 fully saturated rings. The van der Waals surface area contributed by atoms with Crippen LogP contribution in [0.3, 0.4) is 0 Å². The van der Waals surface area contributed by atoms with Crippen molar-refractivity contribution in [2.45, 2.75) is 39.0 Å². The number of furan rings is 1. The van der Waals surface area contributed by atoms with Crippen LogP contribution in [-0.4, -0.2) is 6.04 Å². The zero-order valence-electron chi connectivity index (χ0n) is 11.2. The molecule has 0 atom stereocenters. The second kappa shape index (κ2) is 5.49. The summed E-state index contributed by atoms with van der Waals surface area (Å²) in [6, 6.07) is 10.7. The van der Waals surface area contributed by atoms with Crippen LogP contribution in [0.5, 0.6) is 5.75 Å². The fraction of sp³-hybridized carbons (Fsp3) is 0.375. The molecule has 0 amide bonds. The molecular weight excluding hydrogens is 238 g/mol. The van der Waals surface area contributed by atoms with Gasteiger partial charge in [0.25, 0.3) is 0 Å². The Kier molecular flexibility index (Phi) is 3.56. The number of aryl methyl sites for hydroxylation is 1. The van der Waals surface area contributed by atoms with E-state index in [-0.39, 0.29) is 0 Å². The standard InChI is InChI=1S/C16H19NO2/c1-12-4-2-3-5-15(12)19-11-13-8-9-18-16(13)10-17-14-6-7-14/h2-5,8-9,14,17H,6-7,10-11H2,1H3. The summed E-state index contributed by atoms with van der Waals surface area (Å²) in [6.45, 7) is 3.41. The number of rotatable bonds is 6. The van der Waals surface area contributed by atoms with E-state index in [1.165, 1.54) is 12.8 Å². The number of hydrogen-bond acceptors (Lipinski definition) is 3. The molecule has 0 saturated heterocycles. The van der Waals surface area contributed by atoms with Crippen LogP contribution in [-0.2, 0) is 13.2 Å². The Morgan fingerprint density at radius 3 is 2.89 bits per heavy atom. The molecule has 1 aliphatic carbocycles. The van der Waals surface area contributed by atoms with Crippen LogP contribution >= 0.6 is 0 Å². The van der Waals surface area contributed by atoms with Gasteiger partial charge >= 0.3 is 0 Å². The molecule has 19 heavy (non-hydrogen) atoms. The average molecular weight is 257 g/mol. The van der Waals surface area contributed by atoms with Crippen molar-refractivity contribution in [3.05, 3.63) is 53.5 Å². The van der Waals surface area contributed by atoms with E-state index in [1.807, 2.05) is 24.3 Å². The predicted molar refractivity (Wildman–Crippen MR) is 74.1 cm³/mol. The van der Waals surface area contributed by atoms with Crippen molar-refractivity contribution in [3.8, 4) is 5.75 Å². The van der Waals surface area contributed by atoms with Crippen molar-refractivity contribution in [3.63, 3.8) is 0 Å². The maximum absolute atomic E-state index is 5.86. The average Bonchev–Trinajstić information content (AvgIpc) is 3.14. The molecular formula is C16H19NO2. The topological polar surface area (TPSA) is 34.4 Å². The smallest absolute Gasteiger partial charge is 0.124 e. The van der Waals surface area contributed by atoms with Crippen LogP contribution < -0.4 is 10.1 Å². The number of benzene rings is 1. The van der Waals surface area contributed by atoms with E-state index in [0.29, 0.717) is 12.6 Å². The van der Waals surface area contributed by atoms with Crippen molar-refractivity contribution in [1.29, 1.82) is 0 Å². The van der Waals surface area contributed by atoms with Crippen LogP contribution in [0.4, 0.5) is 0 Å². The van der Waals surface area contributed by atoms with Gasteiger partial charge in [-0.1, -0.05) is 18.2 Å². The summed E-state index contributed by atoms with van der Waals surface area (Å²) in [5.74, 6) is 1.92. The molecule has 1 aliphatic rings. The number of para-hydroxylation sites is 1. The summed E-state index contributed by atoms with van der Waals surface area (Å²) in [6.07, 6.45) is 4.31. The van der Waals surface area contributed by atoms with Crippen molar-refractivity contribution in [2.75, 3.05) is 0 Å². The van der Waals surface area contributed by atoms with Gasteiger partial charge in [0.2, 0.25) is 0 Å². The van der Waals surface area contributed by atoms with Gasteiger partial charge in [0.15, 0.2) is 0 Å². The van der Waals surface area contributed by atoms with Crippen LogP contribution in [0.1, 0.15) is 29.7 Å². The third-order valence-corrected chi connectivity index (χ3v) is 3.44. The van der Waals surface area contributed by atoms with Gasteiger partial charge < -0.3 is 14.5 Å². The largest absolute Gasteiger partial charge is 0.489 e. The van der Waals surface area contributed by atoms with Gasteiger partial charge in [-0.05, 0) is 37.5 Å². The van der Waals surface area contributed by atoms with E-state index >= 15 is 0 Å². The number of ether oxygens (including phenoxy) is 1. The van der Waals surface area contributed by atoms with Gasteiger partial charge in [0.1, 0.15) is 18.1 Å². The fourth-order valence-electron chi connectivity index (χ4n) is 2.05. The van der Waals surface area contributed by atoms with Crippen molar-refractivity contribution < 1.29 is 9.15 Å². The molecule has 0 unspecified atom stereocenters. The van der Waals surface area contributed by atoms with E-state index in [0.717, 1.165) is 29.2 Å². The third-order valence-electron chi connectivity index (χ3n) is 3.44. The fourth-order valence-corrected chi connectivity index (χ4v) is 2.05. The SMILES string of the molecule is Cc1ccccc1OCc1ccoc1CNC1CC1. The van der Waals surface area contributed by atoms with Gasteiger partial charge in [0.05, 0.1) is 12.8 Å². The highest BCUT2D eigenvalue weighted by Crippen LogP contribution is 2.22. The van der Waals surface area contributed by atoms with E-state index < -0.39 is 0 Å². The van der Waals surface area contributed by atoms with Gasteiger partial charge in [0, 0.05) is 11.6 Å². The summed E-state index contributed by atoms with van der Waals surface area (Å²) in [7, 11) is 0. The van der Waals surface area contributed by atoms with Gasteiger partial charge in [-0.2, -0.15) is 0 Å². The highest BCUT2D eigenvalue weighted by molar-refractivity contribution is 5.32. The summed E-state index contributed by atoms with van der Waals surface area (Å²) in [4.78, 5) is 0. The molecule has 1 N–H and O–H groups in total. The Labute approximate surface area is 113 Å². The molecule has 100 valence electrons. The second-order valence-corrected chi connectivity index (χ2v) is 5.08. The van der Waals surface area contributed by atoms with E-state index in [9.17, 15) is 0 Å². The zero-order valence-corrected chi connectivity index (χ0v) is 11.2. The Balaban J connectivity index is 1.60.